The van der Waals surface area contributed by atoms with Crippen LogP contribution in [-0.2, 0) is 9.84 Å². The molecule has 0 bridgehead atoms. The normalized spacial score (nSPS) is 24.2. The van der Waals surface area contributed by atoms with Crippen molar-refractivity contribution in [1.29, 1.82) is 0 Å². The lowest BCUT2D eigenvalue weighted by Crippen LogP contribution is -2.48. The molecule has 5 rings (SSSR count). The maximum atomic E-state index is 13.1. The smallest absolute Gasteiger partial charge is 0.254 e. The fourth-order valence-corrected chi connectivity index (χ4v) is 8.15. The standard InChI is InChI=1S/C22H23ClN4O3S2/c23-16-4-2-6-18(12-16)26-7-9-27(10-8-26)21(28)15-3-1-5-17(11-15)24-22-25-19-13-32(29,30)14-20(19)31-22/h1-6,11-12,19-20H,7-10,13-14H2,(H,24,25)/t19-,20+/m1/s1. The Bertz CT molecular complexity index is 1180. The molecule has 2 saturated heterocycles. The van der Waals surface area contributed by atoms with Gasteiger partial charge in [0.15, 0.2) is 15.0 Å². The van der Waals surface area contributed by atoms with Crippen LogP contribution in [0.25, 0.3) is 0 Å². The number of amidine groups is 1. The van der Waals surface area contributed by atoms with Gasteiger partial charge < -0.3 is 15.1 Å². The first kappa shape index (κ1) is 21.6. The second-order valence-electron chi connectivity index (χ2n) is 8.20. The average molecular weight is 491 g/mol. The summed E-state index contributed by atoms with van der Waals surface area (Å²) in [5.74, 6) is 0.301. The quantitative estimate of drug-likeness (QED) is 0.712. The summed E-state index contributed by atoms with van der Waals surface area (Å²) >= 11 is 7.57. The number of rotatable bonds is 3. The lowest BCUT2D eigenvalue weighted by Gasteiger charge is -2.36. The van der Waals surface area contributed by atoms with Gasteiger partial charge in [0, 0.05) is 53.4 Å². The summed E-state index contributed by atoms with van der Waals surface area (Å²) in [6.45, 7) is 2.79. The van der Waals surface area contributed by atoms with E-state index in [0.717, 1.165) is 29.6 Å². The van der Waals surface area contributed by atoms with Gasteiger partial charge in [0.25, 0.3) is 5.91 Å². The maximum Gasteiger partial charge on any atom is 0.254 e. The molecule has 0 saturated carbocycles. The topological polar surface area (TPSA) is 82.1 Å². The van der Waals surface area contributed by atoms with Gasteiger partial charge in [-0.3, -0.25) is 9.79 Å². The zero-order chi connectivity index (χ0) is 22.3. The summed E-state index contributed by atoms with van der Waals surface area (Å²) in [5, 5.41) is 4.67. The highest BCUT2D eigenvalue weighted by atomic mass is 35.5. The molecule has 1 amide bonds. The van der Waals surface area contributed by atoms with Gasteiger partial charge in [-0.15, -0.1) is 0 Å². The third kappa shape index (κ3) is 4.60. The van der Waals surface area contributed by atoms with Crippen molar-refractivity contribution in [1.82, 2.24) is 4.90 Å². The number of hydrogen-bond donors (Lipinski definition) is 1. The van der Waals surface area contributed by atoms with Crippen molar-refractivity contribution >= 4 is 55.6 Å². The van der Waals surface area contributed by atoms with Crippen molar-refractivity contribution < 1.29 is 13.2 Å². The molecule has 1 N–H and O–H groups in total. The number of hydrogen-bond acceptors (Lipinski definition) is 7. The minimum Gasteiger partial charge on any atom is -0.368 e. The number of halogens is 1. The number of sulfone groups is 1. The van der Waals surface area contributed by atoms with E-state index in [1.165, 1.54) is 11.8 Å². The molecule has 32 heavy (non-hydrogen) atoms. The third-order valence-corrected chi connectivity index (χ3v) is 9.30. The number of amides is 1. The summed E-state index contributed by atoms with van der Waals surface area (Å²) in [6.07, 6.45) is 0. The van der Waals surface area contributed by atoms with E-state index < -0.39 is 9.84 Å². The molecule has 2 atom stereocenters. The molecule has 0 spiro atoms. The maximum absolute atomic E-state index is 13.1. The predicted octanol–water partition coefficient (Wildman–Crippen LogP) is 2.98. The summed E-state index contributed by atoms with van der Waals surface area (Å²) in [6, 6.07) is 15.0. The van der Waals surface area contributed by atoms with Crippen LogP contribution in [0, 0.1) is 0 Å². The van der Waals surface area contributed by atoms with Crippen LogP contribution in [-0.4, -0.2) is 73.4 Å². The first-order chi connectivity index (χ1) is 15.4. The molecular formula is C22H23ClN4O3S2. The Morgan fingerprint density at radius 3 is 2.59 bits per heavy atom. The Morgan fingerprint density at radius 2 is 1.84 bits per heavy atom. The van der Waals surface area contributed by atoms with Crippen LogP contribution in [0.3, 0.4) is 0 Å². The van der Waals surface area contributed by atoms with E-state index >= 15 is 0 Å². The van der Waals surface area contributed by atoms with Crippen LogP contribution >= 0.6 is 23.4 Å². The van der Waals surface area contributed by atoms with E-state index in [9.17, 15) is 13.2 Å². The number of nitrogens with zero attached hydrogens (tertiary/aromatic N) is 3. The second-order valence-corrected chi connectivity index (χ2v) is 12.0. The van der Waals surface area contributed by atoms with Crippen molar-refractivity contribution in [2.24, 2.45) is 4.99 Å². The van der Waals surface area contributed by atoms with Gasteiger partial charge in [0.2, 0.25) is 0 Å². The van der Waals surface area contributed by atoms with Crippen LogP contribution in [0.2, 0.25) is 5.02 Å². The molecular weight excluding hydrogens is 468 g/mol. The summed E-state index contributed by atoms with van der Waals surface area (Å²) in [4.78, 5) is 21.7. The minimum atomic E-state index is -2.97. The number of carbonyl (C=O) groups excluding carboxylic acids is 1. The van der Waals surface area contributed by atoms with Crippen LogP contribution in [0.5, 0.6) is 0 Å². The fraction of sp³-hybridized carbons (Fsp3) is 0.364. The number of benzene rings is 2. The van der Waals surface area contributed by atoms with Crippen molar-refractivity contribution in [3.63, 3.8) is 0 Å². The highest BCUT2D eigenvalue weighted by Gasteiger charge is 2.42. The SMILES string of the molecule is O=C(c1cccc(NC2=N[C@@H]3CS(=O)(=O)C[C@@H]3S2)c1)N1CCN(c2cccc(Cl)c2)CC1. The van der Waals surface area contributed by atoms with Gasteiger partial charge in [0.1, 0.15) is 0 Å². The van der Waals surface area contributed by atoms with Gasteiger partial charge in [-0.05, 0) is 36.4 Å². The Balaban J connectivity index is 1.21. The molecule has 0 radical (unpaired) electrons. The molecule has 0 aliphatic carbocycles. The average Bonchev–Trinajstić information content (AvgIpc) is 3.26. The molecule has 168 valence electrons. The largest absolute Gasteiger partial charge is 0.368 e. The predicted molar refractivity (Wildman–Crippen MR) is 131 cm³/mol. The van der Waals surface area contributed by atoms with E-state index in [2.05, 4.69) is 15.2 Å². The van der Waals surface area contributed by atoms with Crippen molar-refractivity contribution in [2.75, 3.05) is 47.9 Å². The fourth-order valence-electron chi connectivity index (χ4n) is 4.29. The van der Waals surface area contributed by atoms with Gasteiger partial charge in [-0.1, -0.05) is 35.5 Å². The van der Waals surface area contributed by atoms with E-state index in [0.29, 0.717) is 23.7 Å². The molecule has 3 heterocycles. The zero-order valence-electron chi connectivity index (χ0n) is 17.3. The molecule has 7 nitrogen and oxygen atoms in total. The Kier molecular flexibility index (Phi) is 5.81. The number of anilines is 2. The monoisotopic (exact) mass is 490 g/mol. The lowest BCUT2D eigenvalue weighted by molar-refractivity contribution is 0.0747. The van der Waals surface area contributed by atoms with Crippen molar-refractivity contribution in [3.05, 3.63) is 59.1 Å². The van der Waals surface area contributed by atoms with Crippen molar-refractivity contribution in [2.45, 2.75) is 11.3 Å². The first-order valence-electron chi connectivity index (χ1n) is 10.5. The zero-order valence-corrected chi connectivity index (χ0v) is 19.7. The van der Waals surface area contributed by atoms with Gasteiger partial charge in [0.05, 0.1) is 17.5 Å². The van der Waals surface area contributed by atoms with Crippen LogP contribution in [0.1, 0.15) is 10.4 Å². The molecule has 2 aromatic rings. The number of fused-ring (bicyclic) bond motifs is 1. The minimum absolute atomic E-state index is 0.00312. The molecule has 2 aromatic carbocycles. The third-order valence-electron chi connectivity index (χ3n) is 5.92. The number of thioether (sulfide) groups is 1. The summed E-state index contributed by atoms with van der Waals surface area (Å²) < 4.78 is 23.5. The first-order valence-corrected chi connectivity index (χ1v) is 13.6. The van der Waals surface area contributed by atoms with E-state index in [1.54, 1.807) is 0 Å². The van der Waals surface area contributed by atoms with E-state index in [1.807, 2.05) is 53.4 Å². The Labute approximate surface area is 196 Å². The number of piperazine rings is 1. The van der Waals surface area contributed by atoms with Crippen LogP contribution in [0.15, 0.2) is 53.5 Å². The molecule has 3 aliphatic heterocycles. The van der Waals surface area contributed by atoms with E-state index in [-0.39, 0.29) is 28.7 Å². The molecule has 0 unspecified atom stereocenters. The van der Waals surface area contributed by atoms with Gasteiger partial charge in [-0.2, -0.15) is 0 Å². The summed E-state index contributed by atoms with van der Waals surface area (Å²) in [5.41, 5.74) is 2.48. The lowest BCUT2D eigenvalue weighted by atomic mass is 10.1. The second kappa shape index (κ2) is 8.61. The molecule has 3 aliphatic rings. The molecule has 0 aromatic heterocycles. The van der Waals surface area contributed by atoms with Gasteiger partial charge >= 0.3 is 0 Å². The Morgan fingerprint density at radius 1 is 1.06 bits per heavy atom. The highest BCUT2D eigenvalue weighted by molar-refractivity contribution is 8.15. The van der Waals surface area contributed by atoms with E-state index in [4.69, 9.17) is 11.6 Å². The number of carbonyl (C=O) groups is 1. The van der Waals surface area contributed by atoms with Crippen LogP contribution in [0.4, 0.5) is 11.4 Å². The molecule has 2 fully saturated rings. The summed E-state index contributed by atoms with van der Waals surface area (Å²) in [7, 11) is -2.97. The Hall–Kier alpha value is -2.23. The van der Waals surface area contributed by atoms with Crippen molar-refractivity contribution in [3.8, 4) is 0 Å². The van der Waals surface area contributed by atoms with Crippen LogP contribution < -0.4 is 10.2 Å². The van der Waals surface area contributed by atoms with Gasteiger partial charge in [-0.25, -0.2) is 8.42 Å². The number of aliphatic imine (C=N–C) groups is 1. The molecule has 10 heteroatoms. The number of nitrogens with one attached hydrogen (secondary N) is 1. The highest BCUT2D eigenvalue weighted by Crippen LogP contribution is 2.34.